The van der Waals surface area contributed by atoms with Gasteiger partial charge in [0, 0.05) is 0 Å². The summed E-state index contributed by atoms with van der Waals surface area (Å²) in [5, 5.41) is 8.75. The van der Waals surface area contributed by atoms with Crippen molar-refractivity contribution in [1.29, 1.82) is 0 Å². The highest BCUT2D eigenvalue weighted by atomic mass is 32.2. The molecule has 0 aliphatic carbocycles. The number of hydrogen-bond acceptors (Lipinski definition) is 4. The largest absolute Gasteiger partial charge is 0.508 e. The second-order valence-corrected chi connectivity index (χ2v) is 7.29. The number of hydrogen-bond donors (Lipinski definition) is 2. The maximum atomic E-state index is 10.4. The van der Waals surface area contributed by atoms with E-state index in [0.29, 0.717) is 0 Å². The Balaban J connectivity index is 0.000000446. The third kappa shape index (κ3) is 11.4. The van der Waals surface area contributed by atoms with E-state index in [9.17, 15) is 8.42 Å². The Labute approximate surface area is 147 Å². The summed E-state index contributed by atoms with van der Waals surface area (Å²) < 4.78 is 29.3. The molecule has 0 atom stereocenters. The molecular weight excluding hydrogens is 326 g/mol. The van der Waals surface area contributed by atoms with E-state index in [1.807, 2.05) is 0 Å². The van der Waals surface area contributed by atoms with Gasteiger partial charge in [-0.1, -0.05) is 40.0 Å². The second-order valence-electron chi connectivity index (χ2n) is 5.87. The molecule has 0 amide bonds. The Kier molecular flexibility index (Phi) is 12.6. The van der Waals surface area contributed by atoms with Crippen molar-refractivity contribution >= 4 is 10.1 Å². The first-order valence-electron chi connectivity index (χ1n) is 8.84. The summed E-state index contributed by atoms with van der Waals surface area (Å²) in [7, 11) is -4.13. The fourth-order valence-corrected chi connectivity index (χ4v) is 2.58. The molecule has 0 bridgehead atoms. The van der Waals surface area contributed by atoms with Crippen LogP contribution in [-0.4, -0.2) is 42.6 Å². The molecule has 0 aromatic heterocycles. The van der Waals surface area contributed by atoms with Gasteiger partial charge in [0.15, 0.2) is 0 Å². The lowest BCUT2D eigenvalue weighted by atomic mass is 10.2. The van der Waals surface area contributed by atoms with Gasteiger partial charge in [-0.2, -0.15) is 8.42 Å². The van der Waals surface area contributed by atoms with E-state index in [4.69, 9.17) is 9.66 Å². The topological polar surface area (TPSA) is 77.8 Å². The van der Waals surface area contributed by atoms with Gasteiger partial charge in [-0.25, -0.2) is 0 Å². The van der Waals surface area contributed by atoms with Gasteiger partial charge in [-0.15, -0.1) is 0 Å². The minimum absolute atomic E-state index is 0.0441. The molecule has 0 saturated carbocycles. The minimum Gasteiger partial charge on any atom is -0.508 e. The Morgan fingerprint density at radius 1 is 0.833 bits per heavy atom. The van der Waals surface area contributed by atoms with Crippen molar-refractivity contribution in [2.24, 2.45) is 0 Å². The van der Waals surface area contributed by atoms with Gasteiger partial charge >= 0.3 is 0 Å². The third-order valence-corrected chi connectivity index (χ3v) is 4.49. The smallest absolute Gasteiger partial charge is 0.294 e. The SMILES string of the molecule is CCCCN(CCCC)CCCC.O=S(=O)(O)c1ccc(O)cc1. The first-order valence-corrected chi connectivity index (χ1v) is 10.3. The Morgan fingerprint density at radius 3 is 1.50 bits per heavy atom. The molecule has 0 aliphatic heterocycles. The van der Waals surface area contributed by atoms with Crippen molar-refractivity contribution in [2.75, 3.05) is 19.6 Å². The summed E-state index contributed by atoms with van der Waals surface area (Å²) >= 11 is 0. The molecule has 5 nitrogen and oxygen atoms in total. The molecule has 1 aromatic rings. The Hall–Kier alpha value is -1.11. The van der Waals surface area contributed by atoms with Crippen LogP contribution in [0.5, 0.6) is 5.75 Å². The summed E-state index contributed by atoms with van der Waals surface area (Å²) in [5.74, 6) is -0.0441. The van der Waals surface area contributed by atoms with E-state index in [-0.39, 0.29) is 10.6 Å². The molecule has 0 saturated heterocycles. The molecule has 0 unspecified atom stereocenters. The summed E-state index contributed by atoms with van der Waals surface area (Å²) in [4.78, 5) is 2.41. The van der Waals surface area contributed by atoms with Crippen LogP contribution in [0.25, 0.3) is 0 Å². The molecular formula is C18H33NO4S. The number of unbranched alkanes of at least 4 members (excludes halogenated alkanes) is 3. The number of nitrogens with zero attached hydrogens (tertiary/aromatic N) is 1. The maximum absolute atomic E-state index is 10.4. The normalized spacial score (nSPS) is 11.2. The molecule has 2 N–H and O–H groups in total. The molecule has 0 aliphatic rings. The van der Waals surface area contributed by atoms with Gasteiger partial charge in [0.1, 0.15) is 5.75 Å². The molecule has 140 valence electrons. The molecule has 0 radical (unpaired) electrons. The number of aromatic hydroxyl groups is 1. The average molecular weight is 360 g/mol. The van der Waals surface area contributed by atoms with Crippen LogP contribution < -0.4 is 0 Å². The van der Waals surface area contributed by atoms with Crippen molar-refractivity contribution in [1.82, 2.24) is 4.90 Å². The summed E-state index contributed by atoms with van der Waals surface area (Å²) in [6.07, 6.45) is 8.09. The van der Waals surface area contributed by atoms with Crippen LogP contribution in [0.15, 0.2) is 29.2 Å². The zero-order valence-electron chi connectivity index (χ0n) is 15.2. The van der Waals surface area contributed by atoms with Crippen molar-refractivity contribution in [2.45, 2.75) is 64.2 Å². The number of rotatable bonds is 10. The van der Waals surface area contributed by atoms with Crippen molar-refractivity contribution in [3.63, 3.8) is 0 Å². The fraction of sp³-hybridized carbons (Fsp3) is 0.667. The van der Waals surface area contributed by atoms with Crippen LogP contribution in [0.2, 0.25) is 0 Å². The third-order valence-electron chi connectivity index (χ3n) is 3.62. The number of phenolic OH excluding ortho intramolecular Hbond substituents is 1. The van der Waals surface area contributed by atoms with Gasteiger partial charge in [0.25, 0.3) is 10.1 Å². The van der Waals surface area contributed by atoms with Crippen LogP contribution in [-0.2, 0) is 10.1 Å². The van der Waals surface area contributed by atoms with Gasteiger partial charge in [0.2, 0.25) is 0 Å². The van der Waals surface area contributed by atoms with Gasteiger partial charge in [0.05, 0.1) is 4.90 Å². The van der Waals surface area contributed by atoms with Crippen LogP contribution >= 0.6 is 0 Å². The number of benzene rings is 1. The fourth-order valence-electron chi connectivity index (χ4n) is 2.10. The number of phenols is 1. The van der Waals surface area contributed by atoms with Gasteiger partial charge in [-0.3, -0.25) is 4.55 Å². The monoisotopic (exact) mass is 359 g/mol. The lowest BCUT2D eigenvalue weighted by Gasteiger charge is -2.21. The van der Waals surface area contributed by atoms with Crippen LogP contribution in [0, 0.1) is 0 Å². The van der Waals surface area contributed by atoms with Crippen LogP contribution in [0.3, 0.4) is 0 Å². The first-order chi connectivity index (χ1) is 11.3. The zero-order valence-corrected chi connectivity index (χ0v) is 16.1. The van der Waals surface area contributed by atoms with E-state index in [2.05, 4.69) is 25.7 Å². The predicted octanol–water partition coefficient (Wildman–Crippen LogP) is 4.33. The predicted molar refractivity (Wildman–Crippen MR) is 99.1 cm³/mol. The molecule has 1 rings (SSSR count). The van der Waals surface area contributed by atoms with E-state index in [1.165, 1.54) is 70.3 Å². The Bertz CT molecular complexity index is 495. The van der Waals surface area contributed by atoms with Gasteiger partial charge < -0.3 is 10.0 Å². The lowest BCUT2D eigenvalue weighted by Crippen LogP contribution is -2.27. The second kappa shape index (κ2) is 13.2. The molecule has 1 aromatic carbocycles. The summed E-state index contributed by atoms with van der Waals surface area (Å²) in [6.45, 7) is 10.8. The van der Waals surface area contributed by atoms with Gasteiger partial charge in [-0.05, 0) is 63.2 Å². The molecule has 6 heteroatoms. The van der Waals surface area contributed by atoms with E-state index < -0.39 is 10.1 Å². The van der Waals surface area contributed by atoms with E-state index in [0.717, 1.165) is 12.1 Å². The van der Waals surface area contributed by atoms with Crippen LogP contribution in [0.1, 0.15) is 59.3 Å². The molecule has 0 heterocycles. The summed E-state index contributed by atoms with van der Waals surface area (Å²) in [5.41, 5.74) is 0. The van der Waals surface area contributed by atoms with Crippen molar-refractivity contribution < 1.29 is 18.1 Å². The summed E-state index contributed by atoms with van der Waals surface area (Å²) in [6, 6.07) is 4.60. The molecule has 24 heavy (non-hydrogen) atoms. The molecule has 0 fully saturated rings. The maximum Gasteiger partial charge on any atom is 0.294 e. The van der Waals surface area contributed by atoms with Crippen molar-refractivity contribution in [3.8, 4) is 5.75 Å². The quantitative estimate of drug-likeness (QED) is 0.608. The van der Waals surface area contributed by atoms with E-state index >= 15 is 0 Å². The standard InChI is InChI=1S/C12H27N.C6H6O4S/c1-4-7-10-13(11-8-5-2)12-9-6-3;7-5-1-3-6(4-2-5)11(8,9)10/h4-12H2,1-3H3;1-4,7H,(H,8,9,10). The molecule has 0 spiro atoms. The average Bonchev–Trinajstić information content (AvgIpc) is 2.54. The highest BCUT2D eigenvalue weighted by molar-refractivity contribution is 7.85. The highest BCUT2D eigenvalue weighted by Gasteiger charge is 2.07. The minimum atomic E-state index is -4.13. The zero-order chi connectivity index (χ0) is 18.4. The lowest BCUT2D eigenvalue weighted by molar-refractivity contribution is 0.261. The highest BCUT2D eigenvalue weighted by Crippen LogP contribution is 2.13. The van der Waals surface area contributed by atoms with Crippen LogP contribution in [0.4, 0.5) is 0 Å². The van der Waals surface area contributed by atoms with E-state index in [1.54, 1.807) is 0 Å². The Morgan fingerprint density at radius 2 is 1.21 bits per heavy atom. The van der Waals surface area contributed by atoms with Crippen molar-refractivity contribution in [3.05, 3.63) is 24.3 Å². The first kappa shape index (κ1) is 22.9.